The Labute approximate surface area is 150 Å². The van der Waals surface area contributed by atoms with Gasteiger partial charge >= 0.3 is 0 Å². The van der Waals surface area contributed by atoms with E-state index in [1.807, 2.05) is 39.0 Å². The molecule has 2 rings (SSSR count). The van der Waals surface area contributed by atoms with Crippen LogP contribution in [0.25, 0.3) is 0 Å². The molecule has 1 aromatic rings. The second-order valence-corrected chi connectivity index (χ2v) is 8.02. The molecule has 1 aliphatic heterocycles. The molecule has 0 radical (unpaired) electrons. The van der Waals surface area contributed by atoms with Crippen LogP contribution in [-0.4, -0.2) is 36.6 Å². The largest absolute Gasteiger partial charge is 0.487 e. The summed E-state index contributed by atoms with van der Waals surface area (Å²) >= 11 is 0. The number of carbonyl (C=O) groups excluding carboxylic acids is 1. The summed E-state index contributed by atoms with van der Waals surface area (Å²) in [5.41, 5.74) is 0.581. The molecule has 138 valence electrons. The first-order valence-electron chi connectivity index (χ1n) is 8.66. The fourth-order valence-electron chi connectivity index (χ4n) is 2.92. The Balaban J connectivity index is 2.03. The van der Waals surface area contributed by atoms with Gasteiger partial charge in [0.15, 0.2) is 5.96 Å². The third kappa shape index (κ3) is 5.66. The van der Waals surface area contributed by atoms with E-state index in [0.29, 0.717) is 5.96 Å². The van der Waals surface area contributed by atoms with E-state index in [9.17, 15) is 4.79 Å². The number of amides is 1. The number of aliphatic imine (C=N–C) groups is 1. The highest BCUT2D eigenvalue weighted by Crippen LogP contribution is 2.39. The van der Waals surface area contributed by atoms with Crippen LogP contribution in [0.2, 0.25) is 0 Å². The Kier molecular flexibility index (Phi) is 5.60. The Morgan fingerprint density at radius 2 is 2.00 bits per heavy atom. The van der Waals surface area contributed by atoms with Gasteiger partial charge in [-0.1, -0.05) is 18.2 Å². The van der Waals surface area contributed by atoms with E-state index in [1.165, 1.54) is 0 Å². The lowest BCUT2D eigenvalue weighted by atomic mass is 9.90. The number of rotatable bonds is 3. The molecule has 0 bridgehead atoms. The maximum absolute atomic E-state index is 12.0. The number of nitrogens with zero attached hydrogens (tertiary/aromatic N) is 1. The molecule has 25 heavy (non-hydrogen) atoms. The summed E-state index contributed by atoms with van der Waals surface area (Å²) in [6.07, 6.45) is 0.804. The Hall–Kier alpha value is -2.24. The number of nitrogens with one attached hydrogen (secondary N) is 3. The zero-order valence-electron chi connectivity index (χ0n) is 16.1. The molecular formula is C19H30N4O2. The Morgan fingerprint density at radius 1 is 1.32 bits per heavy atom. The van der Waals surface area contributed by atoms with Gasteiger partial charge in [0.2, 0.25) is 5.91 Å². The Bertz CT molecular complexity index is 647. The molecule has 1 unspecified atom stereocenters. The van der Waals surface area contributed by atoms with Gasteiger partial charge in [-0.3, -0.25) is 9.79 Å². The SMILES string of the molecule is CN=C(NCC(=O)NC(C)(C)C)NC1CC(C)(C)Oc2ccccc21. The van der Waals surface area contributed by atoms with Gasteiger partial charge in [-0.15, -0.1) is 0 Å². The normalized spacial score (nSPS) is 19.4. The molecule has 6 nitrogen and oxygen atoms in total. The first-order chi connectivity index (χ1) is 11.6. The monoisotopic (exact) mass is 346 g/mol. The topological polar surface area (TPSA) is 74.8 Å². The van der Waals surface area contributed by atoms with Crippen LogP contribution >= 0.6 is 0 Å². The van der Waals surface area contributed by atoms with E-state index in [1.54, 1.807) is 7.05 Å². The average molecular weight is 346 g/mol. The lowest BCUT2D eigenvalue weighted by molar-refractivity contribution is -0.121. The quantitative estimate of drug-likeness (QED) is 0.580. The molecule has 1 aromatic carbocycles. The smallest absolute Gasteiger partial charge is 0.239 e. The second kappa shape index (κ2) is 7.33. The molecule has 0 saturated heterocycles. The summed E-state index contributed by atoms with van der Waals surface area (Å²) in [5.74, 6) is 1.42. The van der Waals surface area contributed by atoms with Crippen molar-refractivity contribution in [1.82, 2.24) is 16.0 Å². The van der Waals surface area contributed by atoms with Gasteiger partial charge in [-0.25, -0.2) is 0 Å². The molecule has 3 N–H and O–H groups in total. The van der Waals surface area contributed by atoms with Crippen LogP contribution in [0.15, 0.2) is 29.3 Å². The van der Waals surface area contributed by atoms with Crippen molar-refractivity contribution in [1.29, 1.82) is 0 Å². The van der Waals surface area contributed by atoms with E-state index < -0.39 is 0 Å². The summed E-state index contributed by atoms with van der Waals surface area (Å²) in [4.78, 5) is 16.2. The number of ether oxygens (including phenoxy) is 1. The summed E-state index contributed by atoms with van der Waals surface area (Å²) < 4.78 is 6.05. The van der Waals surface area contributed by atoms with Crippen LogP contribution in [-0.2, 0) is 4.79 Å². The number of guanidine groups is 1. The predicted molar refractivity (Wildman–Crippen MR) is 101 cm³/mol. The van der Waals surface area contributed by atoms with Gasteiger partial charge in [0.05, 0.1) is 12.6 Å². The fraction of sp³-hybridized carbons (Fsp3) is 0.579. The third-order valence-corrected chi connectivity index (χ3v) is 3.84. The van der Waals surface area contributed by atoms with Crippen LogP contribution in [0.1, 0.15) is 52.6 Å². The van der Waals surface area contributed by atoms with E-state index in [-0.39, 0.29) is 29.6 Å². The minimum absolute atomic E-state index is 0.0665. The summed E-state index contributed by atoms with van der Waals surface area (Å²) in [6, 6.07) is 8.08. The number of carbonyl (C=O) groups is 1. The minimum Gasteiger partial charge on any atom is -0.487 e. The molecule has 0 fully saturated rings. The van der Waals surface area contributed by atoms with Crippen molar-refractivity contribution in [2.75, 3.05) is 13.6 Å². The third-order valence-electron chi connectivity index (χ3n) is 3.84. The maximum Gasteiger partial charge on any atom is 0.239 e. The Morgan fingerprint density at radius 3 is 2.64 bits per heavy atom. The van der Waals surface area contributed by atoms with Crippen molar-refractivity contribution >= 4 is 11.9 Å². The molecule has 1 aliphatic rings. The van der Waals surface area contributed by atoms with Crippen molar-refractivity contribution in [3.8, 4) is 5.75 Å². The van der Waals surface area contributed by atoms with Gasteiger partial charge in [0.1, 0.15) is 11.4 Å². The molecule has 6 heteroatoms. The van der Waals surface area contributed by atoms with E-state index in [0.717, 1.165) is 17.7 Å². The molecular weight excluding hydrogens is 316 g/mol. The van der Waals surface area contributed by atoms with Crippen LogP contribution in [0, 0.1) is 0 Å². The number of para-hydroxylation sites is 1. The number of fused-ring (bicyclic) bond motifs is 1. The standard InChI is InChI=1S/C19H30N4O2/c1-18(2,3)23-16(24)12-21-17(20-6)22-14-11-19(4,5)25-15-10-8-7-9-13(14)15/h7-10,14H,11-12H2,1-6H3,(H,23,24)(H2,20,21,22). The van der Waals surface area contributed by atoms with Crippen LogP contribution < -0.4 is 20.7 Å². The minimum atomic E-state index is -0.269. The van der Waals surface area contributed by atoms with Crippen LogP contribution in [0.4, 0.5) is 0 Å². The molecule has 1 heterocycles. The van der Waals surface area contributed by atoms with Gasteiger partial charge in [-0.2, -0.15) is 0 Å². The highest BCUT2D eigenvalue weighted by molar-refractivity contribution is 5.86. The second-order valence-electron chi connectivity index (χ2n) is 8.02. The summed E-state index contributed by atoms with van der Waals surface area (Å²) in [6.45, 7) is 10.2. The number of benzene rings is 1. The zero-order valence-corrected chi connectivity index (χ0v) is 16.1. The van der Waals surface area contributed by atoms with Crippen LogP contribution in [0.5, 0.6) is 5.75 Å². The van der Waals surface area contributed by atoms with Crippen molar-refractivity contribution in [3.63, 3.8) is 0 Å². The van der Waals surface area contributed by atoms with E-state index >= 15 is 0 Å². The molecule has 1 amide bonds. The summed E-state index contributed by atoms with van der Waals surface area (Å²) in [5, 5.41) is 9.42. The maximum atomic E-state index is 12.0. The van der Waals surface area contributed by atoms with E-state index in [2.05, 4.69) is 40.9 Å². The predicted octanol–water partition coefficient (Wildman–Crippen LogP) is 2.37. The van der Waals surface area contributed by atoms with Crippen molar-refractivity contribution in [2.24, 2.45) is 4.99 Å². The molecule has 0 aliphatic carbocycles. The van der Waals surface area contributed by atoms with Gasteiger partial charge < -0.3 is 20.7 Å². The average Bonchev–Trinajstić information content (AvgIpc) is 2.48. The highest BCUT2D eigenvalue weighted by Gasteiger charge is 2.34. The van der Waals surface area contributed by atoms with Crippen molar-refractivity contribution in [3.05, 3.63) is 29.8 Å². The molecule has 0 spiro atoms. The molecule has 1 atom stereocenters. The fourth-order valence-corrected chi connectivity index (χ4v) is 2.92. The summed E-state index contributed by atoms with van der Waals surface area (Å²) in [7, 11) is 1.70. The van der Waals surface area contributed by atoms with Crippen LogP contribution in [0.3, 0.4) is 0 Å². The van der Waals surface area contributed by atoms with Crippen molar-refractivity contribution in [2.45, 2.75) is 58.2 Å². The lowest BCUT2D eigenvalue weighted by Crippen LogP contribution is -2.50. The number of hydrogen-bond donors (Lipinski definition) is 3. The first-order valence-corrected chi connectivity index (χ1v) is 8.66. The number of hydrogen-bond acceptors (Lipinski definition) is 3. The van der Waals surface area contributed by atoms with Crippen molar-refractivity contribution < 1.29 is 9.53 Å². The zero-order chi connectivity index (χ0) is 18.7. The first kappa shape index (κ1) is 19.1. The molecule has 0 aromatic heterocycles. The van der Waals surface area contributed by atoms with Gasteiger partial charge in [0, 0.05) is 24.6 Å². The van der Waals surface area contributed by atoms with Gasteiger partial charge in [-0.05, 0) is 40.7 Å². The van der Waals surface area contributed by atoms with Gasteiger partial charge in [0.25, 0.3) is 0 Å². The lowest BCUT2D eigenvalue weighted by Gasteiger charge is -2.38. The molecule has 0 saturated carbocycles. The van der Waals surface area contributed by atoms with E-state index in [4.69, 9.17) is 4.74 Å². The highest BCUT2D eigenvalue weighted by atomic mass is 16.5.